The quantitative estimate of drug-likeness (QED) is 0.558. The summed E-state index contributed by atoms with van der Waals surface area (Å²) in [7, 11) is 0. The molecule has 0 aromatic rings. The highest BCUT2D eigenvalue weighted by Crippen LogP contribution is 2.44. The Balaban J connectivity index is 0.000000544. The molecule has 25 heavy (non-hydrogen) atoms. The lowest BCUT2D eigenvalue weighted by Gasteiger charge is -2.40. The van der Waals surface area contributed by atoms with E-state index in [1.165, 1.54) is 19.3 Å². The molecule has 1 saturated carbocycles. The molecule has 0 radical (unpaired) electrons. The molecule has 0 spiro atoms. The monoisotopic (exact) mass is 343 g/mol. The Morgan fingerprint density at radius 3 is 2.48 bits per heavy atom. The number of hydrogen-bond donors (Lipinski definition) is 1. The van der Waals surface area contributed by atoms with Crippen LogP contribution in [0.3, 0.4) is 0 Å². The van der Waals surface area contributed by atoms with Gasteiger partial charge in [-0.2, -0.15) is 5.26 Å². The Kier molecular flexibility index (Phi) is 11.4. The Morgan fingerprint density at radius 1 is 1.40 bits per heavy atom. The fourth-order valence-electron chi connectivity index (χ4n) is 3.59. The molecule has 2 aliphatic rings. The van der Waals surface area contributed by atoms with Crippen molar-refractivity contribution in [3.63, 3.8) is 0 Å². The van der Waals surface area contributed by atoms with Crippen LogP contribution in [0.2, 0.25) is 0 Å². The number of nitrogens with zero attached hydrogens (tertiary/aromatic N) is 1. The molecule has 0 aliphatic heterocycles. The van der Waals surface area contributed by atoms with E-state index in [4.69, 9.17) is 5.11 Å². The summed E-state index contributed by atoms with van der Waals surface area (Å²) in [5.41, 5.74) is 0. The number of terminal acetylenes is 1. The van der Waals surface area contributed by atoms with E-state index in [9.17, 15) is 10.1 Å². The lowest BCUT2D eigenvalue weighted by molar-refractivity contribution is -0.141. The summed E-state index contributed by atoms with van der Waals surface area (Å²) in [4.78, 5) is 9.93. The van der Waals surface area contributed by atoms with E-state index in [-0.39, 0.29) is 11.8 Å². The topological polar surface area (TPSA) is 61.1 Å². The molecule has 0 aromatic heterocycles. The number of rotatable bonds is 3. The van der Waals surface area contributed by atoms with Gasteiger partial charge in [-0.05, 0) is 56.3 Å². The molecule has 2 rings (SSSR count). The minimum atomic E-state index is -0.706. The van der Waals surface area contributed by atoms with Gasteiger partial charge < -0.3 is 5.11 Å². The van der Waals surface area contributed by atoms with Crippen LogP contribution in [0, 0.1) is 59.7 Å². The molecule has 0 aromatic carbocycles. The second kappa shape index (κ2) is 12.4. The van der Waals surface area contributed by atoms with E-state index < -0.39 is 5.97 Å². The van der Waals surface area contributed by atoms with Crippen LogP contribution in [0.4, 0.5) is 0 Å². The largest absolute Gasteiger partial charge is 0.481 e. The van der Waals surface area contributed by atoms with Crippen LogP contribution in [0.5, 0.6) is 0 Å². The molecule has 2 aliphatic carbocycles. The predicted molar refractivity (Wildman–Crippen MR) is 104 cm³/mol. The maximum atomic E-state index is 9.93. The minimum absolute atomic E-state index is 0.181. The van der Waals surface area contributed by atoms with Gasteiger partial charge in [0.1, 0.15) is 0 Å². The van der Waals surface area contributed by atoms with Crippen molar-refractivity contribution in [3.05, 3.63) is 24.3 Å². The number of carboxylic acids is 1. The molecule has 0 heterocycles. The summed E-state index contributed by atoms with van der Waals surface area (Å²) >= 11 is 0. The first-order valence-electron chi connectivity index (χ1n) is 9.21. The summed E-state index contributed by atoms with van der Waals surface area (Å²) in [5.74, 6) is 1.82. The molecule has 6 atom stereocenters. The zero-order chi connectivity index (χ0) is 19.4. The molecule has 3 heteroatoms. The van der Waals surface area contributed by atoms with Crippen molar-refractivity contribution in [1.82, 2.24) is 0 Å². The van der Waals surface area contributed by atoms with Crippen LogP contribution in [-0.4, -0.2) is 11.1 Å². The maximum Gasteiger partial charge on any atom is 0.306 e. The van der Waals surface area contributed by atoms with E-state index in [1.54, 1.807) is 6.92 Å². The first-order valence-corrected chi connectivity index (χ1v) is 9.21. The smallest absolute Gasteiger partial charge is 0.306 e. The highest BCUT2D eigenvalue weighted by molar-refractivity contribution is 5.69. The number of carbonyl (C=O) groups is 1. The summed E-state index contributed by atoms with van der Waals surface area (Å²) in [6.45, 7) is 7.84. The average Bonchev–Trinajstić information content (AvgIpc) is 2.63. The molecule has 0 amide bonds. The molecule has 3 nitrogen and oxygen atoms in total. The zero-order valence-electron chi connectivity index (χ0n) is 16.1. The molecule has 138 valence electrons. The number of aliphatic carboxylic acids is 1. The number of hydrogen-bond acceptors (Lipinski definition) is 2. The van der Waals surface area contributed by atoms with Crippen molar-refractivity contribution < 1.29 is 9.90 Å². The van der Waals surface area contributed by atoms with Gasteiger partial charge in [-0.25, -0.2) is 0 Å². The van der Waals surface area contributed by atoms with Crippen molar-refractivity contribution in [2.45, 2.75) is 53.4 Å². The normalized spacial score (nSPS) is 31.3. The summed E-state index contributed by atoms with van der Waals surface area (Å²) < 4.78 is 0. The molecule has 1 fully saturated rings. The van der Waals surface area contributed by atoms with Gasteiger partial charge in [-0.1, -0.05) is 45.1 Å². The zero-order valence-corrected chi connectivity index (χ0v) is 16.1. The summed E-state index contributed by atoms with van der Waals surface area (Å²) in [6, 6.07) is 2.53. The van der Waals surface area contributed by atoms with Gasteiger partial charge in [-0.3, -0.25) is 4.79 Å². The van der Waals surface area contributed by atoms with Gasteiger partial charge in [0.05, 0.1) is 17.9 Å². The number of allylic oxidation sites excluding steroid dienone is 4. The van der Waals surface area contributed by atoms with Gasteiger partial charge >= 0.3 is 5.97 Å². The minimum Gasteiger partial charge on any atom is -0.481 e. The summed E-state index contributed by atoms with van der Waals surface area (Å²) in [5, 5.41) is 17.5. The third kappa shape index (κ3) is 7.18. The molecular formula is C22H33NO2. The Morgan fingerprint density at radius 2 is 2.04 bits per heavy atom. The molecule has 0 bridgehead atoms. The van der Waals surface area contributed by atoms with Crippen LogP contribution in [-0.2, 0) is 4.79 Å². The van der Waals surface area contributed by atoms with Gasteiger partial charge in [0, 0.05) is 0 Å². The van der Waals surface area contributed by atoms with Crippen molar-refractivity contribution in [3.8, 4) is 18.9 Å². The molecule has 0 saturated heterocycles. The lowest BCUT2D eigenvalue weighted by Crippen LogP contribution is -2.34. The lowest BCUT2D eigenvalue weighted by atomic mass is 9.63. The van der Waals surface area contributed by atoms with E-state index in [0.717, 1.165) is 12.3 Å². The van der Waals surface area contributed by atoms with Crippen molar-refractivity contribution >= 4 is 5.97 Å². The van der Waals surface area contributed by atoms with Crippen molar-refractivity contribution in [2.24, 2.45) is 35.5 Å². The second-order valence-electron chi connectivity index (χ2n) is 6.97. The van der Waals surface area contributed by atoms with E-state index in [1.807, 2.05) is 6.92 Å². The van der Waals surface area contributed by atoms with E-state index >= 15 is 0 Å². The van der Waals surface area contributed by atoms with Gasteiger partial charge in [0.15, 0.2) is 0 Å². The third-order valence-electron chi connectivity index (χ3n) is 5.33. The van der Waals surface area contributed by atoms with Crippen LogP contribution in [0.15, 0.2) is 24.3 Å². The van der Waals surface area contributed by atoms with Gasteiger partial charge in [0.2, 0.25) is 0 Å². The van der Waals surface area contributed by atoms with Gasteiger partial charge in [0.25, 0.3) is 0 Å². The predicted octanol–water partition coefficient (Wildman–Crippen LogP) is 5.31. The third-order valence-corrected chi connectivity index (χ3v) is 5.33. The molecular weight excluding hydrogens is 310 g/mol. The maximum absolute atomic E-state index is 9.93. The van der Waals surface area contributed by atoms with Crippen molar-refractivity contribution in [1.29, 1.82) is 5.26 Å². The highest BCUT2D eigenvalue weighted by Gasteiger charge is 2.37. The van der Waals surface area contributed by atoms with Gasteiger partial charge in [-0.15, -0.1) is 12.8 Å². The number of nitriles is 1. The van der Waals surface area contributed by atoms with Crippen molar-refractivity contribution in [2.75, 3.05) is 0 Å². The van der Waals surface area contributed by atoms with Crippen LogP contribution in [0.25, 0.3) is 0 Å². The fourth-order valence-corrected chi connectivity index (χ4v) is 3.59. The highest BCUT2D eigenvalue weighted by atomic mass is 16.4. The molecule has 1 N–H and O–H groups in total. The SMILES string of the molecule is C#C.C/C=C/[C@@H]1CCC2C(C=CC(C)C2C#N)C1.CCC(C)C(=O)O. The van der Waals surface area contributed by atoms with E-state index in [2.05, 4.69) is 57.1 Å². The number of fused-ring (bicyclic) bond motifs is 1. The first kappa shape index (κ1) is 23.0. The van der Waals surface area contributed by atoms with Crippen LogP contribution >= 0.6 is 0 Å². The first-order chi connectivity index (χ1) is 11.9. The van der Waals surface area contributed by atoms with Crippen LogP contribution < -0.4 is 0 Å². The number of carboxylic acid groups (broad SMARTS) is 1. The average molecular weight is 344 g/mol. The summed E-state index contributed by atoms with van der Waals surface area (Å²) in [6.07, 6.45) is 21.6. The molecule has 5 unspecified atom stereocenters. The fraction of sp³-hybridized carbons (Fsp3) is 0.636. The standard InChI is InChI=1S/C15H21N.C5H10O2.C2H2/c1-3-4-12-6-8-14-13(9-12)7-5-11(2)15(14)10-16;1-3-4(2)5(6)7;1-2/h3-5,7,11-15H,6,8-9H2,1-2H3;4H,3H2,1-2H3,(H,6,7);1-2H/b4-3+;;/t11?,12-,13?,14?,15?;;/m1../s1. The Labute approximate surface area is 153 Å². The Bertz CT molecular complexity index is 512. The van der Waals surface area contributed by atoms with E-state index in [0.29, 0.717) is 17.8 Å². The van der Waals surface area contributed by atoms with Crippen LogP contribution in [0.1, 0.15) is 53.4 Å². The Hall–Kier alpha value is -2.00. The second-order valence-corrected chi connectivity index (χ2v) is 6.97.